The Hall–Kier alpha value is -2.34. The molecule has 0 bridgehead atoms. The van der Waals surface area contributed by atoms with Crippen molar-refractivity contribution in [2.24, 2.45) is 0 Å². The van der Waals surface area contributed by atoms with Gasteiger partial charge < -0.3 is 4.90 Å². The molecule has 0 saturated carbocycles. The summed E-state index contributed by atoms with van der Waals surface area (Å²) in [5.74, 6) is 0.0588. The van der Waals surface area contributed by atoms with E-state index < -0.39 is 10.0 Å². The summed E-state index contributed by atoms with van der Waals surface area (Å²) in [7, 11) is -3.65. The fourth-order valence-corrected chi connectivity index (χ4v) is 4.13. The van der Waals surface area contributed by atoms with E-state index in [4.69, 9.17) is 0 Å². The molecular formula is C19H22N2O3S. The summed E-state index contributed by atoms with van der Waals surface area (Å²) < 4.78 is 27.9. The van der Waals surface area contributed by atoms with Crippen LogP contribution in [-0.2, 0) is 27.7 Å². The molecule has 0 aliphatic carbocycles. The molecule has 2 aromatic rings. The van der Waals surface area contributed by atoms with Gasteiger partial charge in [0.1, 0.15) is 0 Å². The molecule has 1 aliphatic rings. The van der Waals surface area contributed by atoms with Crippen LogP contribution in [0.3, 0.4) is 0 Å². The predicted molar refractivity (Wildman–Crippen MR) is 99.4 cm³/mol. The van der Waals surface area contributed by atoms with Crippen molar-refractivity contribution in [3.63, 3.8) is 0 Å². The van der Waals surface area contributed by atoms with Gasteiger partial charge in [-0.25, -0.2) is 8.42 Å². The molecule has 1 heterocycles. The molecule has 2 aromatic carbocycles. The second kappa shape index (κ2) is 6.88. The number of carbonyl (C=O) groups excluding carboxylic acids is 1. The van der Waals surface area contributed by atoms with E-state index in [1.165, 1.54) is 0 Å². The number of aryl methyl sites for hydroxylation is 1. The van der Waals surface area contributed by atoms with Crippen LogP contribution in [0.4, 0.5) is 11.4 Å². The van der Waals surface area contributed by atoms with Crippen molar-refractivity contribution in [2.45, 2.75) is 38.0 Å². The molecule has 0 unspecified atom stereocenters. The third-order valence-corrected chi connectivity index (χ3v) is 5.85. The molecule has 0 radical (unpaired) electrons. The highest BCUT2D eigenvalue weighted by molar-refractivity contribution is 7.92. The molecule has 1 N–H and O–H groups in total. The Kier molecular flexibility index (Phi) is 4.81. The molecule has 6 heteroatoms. The van der Waals surface area contributed by atoms with Crippen LogP contribution < -0.4 is 9.62 Å². The molecule has 25 heavy (non-hydrogen) atoms. The smallest absolute Gasteiger partial charge is 0.261 e. The molecule has 0 fully saturated rings. The summed E-state index contributed by atoms with van der Waals surface area (Å²) in [5, 5.41) is 0. The molecule has 0 spiro atoms. The number of hydrogen-bond donors (Lipinski definition) is 1. The van der Waals surface area contributed by atoms with E-state index in [0.717, 1.165) is 23.2 Å². The zero-order chi connectivity index (χ0) is 18.0. The fourth-order valence-electron chi connectivity index (χ4n) is 3.02. The van der Waals surface area contributed by atoms with Gasteiger partial charge in [-0.2, -0.15) is 0 Å². The van der Waals surface area contributed by atoms with E-state index in [-0.39, 0.29) is 10.8 Å². The number of amides is 1. The van der Waals surface area contributed by atoms with Crippen molar-refractivity contribution in [3.8, 4) is 0 Å². The van der Waals surface area contributed by atoms with Crippen LogP contribution in [0, 0.1) is 0 Å². The Morgan fingerprint density at radius 1 is 1.12 bits per heavy atom. The first-order valence-electron chi connectivity index (χ1n) is 8.49. The van der Waals surface area contributed by atoms with Gasteiger partial charge in [0.15, 0.2) is 0 Å². The Bertz CT molecular complexity index is 889. The van der Waals surface area contributed by atoms with E-state index in [1.54, 1.807) is 35.2 Å². The topological polar surface area (TPSA) is 66.5 Å². The number of hydrogen-bond acceptors (Lipinski definition) is 3. The van der Waals surface area contributed by atoms with Gasteiger partial charge in [-0.3, -0.25) is 9.52 Å². The summed E-state index contributed by atoms with van der Waals surface area (Å²) >= 11 is 0. The van der Waals surface area contributed by atoms with E-state index in [9.17, 15) is 13.2 Å². The highest BCUT2D eigenvalue weighted by Crippen LogP contribution is 2.31. The maximum Gasteiger partial charge on any atom is 0.261 e. The van der Waals surface area contributed by atoms with Gasteiger partial charge in [0, 0.05) is 24.3 Å². The van der Waals surface area contributed by atoms with Crippen LogP contribution in [-0.4, -0.2) is 20.9 Å². The Labute approximate surface area is 148 Å². The minimum atomic E-state index is -3.65. The number of fused-ring (bicyclic) bond motifs is 1. The fraction of sp³-hybridized carbons (Fsp3) is 0.316. The van der Waals surface area contributed by atoms with E-state index in [1.807, 2.05) is 19.1 Å². The van der Waals surface area contributed by atoms with Gasteiger partial charge in [0.2, 0.25) is 5.91 Å². The summed E-state index contributed by atoms with van der Waals surface area (Å²) in [5.41, 5.74) is 3.41. The molecular weight excluding hydrogens is 336 g/mol. The monoisotopic (exact) mass is 358 g/mol. The Morgan fingerprint density at radius 3 is 2.48 bits per heavy atom. The third kappa shape index (κ3) is 3.54. The number of nitrogens with zero attached hydrogens (tertiary/aromatic N) is 1. The first-order valence-corrected chi connectivity index (χ1v) is 9.98. The van der Waals surface area contributed by atoms with E-state index in [2.05, 4.69) is 11.6 Å². The number of benzene rings is 2. The molecule has 1 amide bonds. The summed E-state index contributed by atoms with van der Waals surface area (Å²) in [6, 6.07) is 12.3. The van der Waals surface area contributed by atoms with Crippen molar-refractivity contribution < 1.29 is 13.2 Å². The SMILES string of the molecule is CCC(=O)N1CCc2cc(S(=O)(=O)Nc3ccc(CC)cc3)ccc21. The van der Waals surface area contributed by atoms with Gasteiger partial charge in [0.05, 0.1) is 4.90 Å². The lowest BCUT2D eigenvalue weighted by atomic mass is 10.2. The summed E-state index contributed by atoms with van der Waals surface area (Å²) in [4.78, 5) is 13.9. The minimum Gasteiger partial charge on any atom is -0.312 e. The van der Waals surface area contributed by atoms with Gasteiger partial charge in [-0.05, 0) is 54.3 Å². The number of carbonyl (C=O) groups is 1. The molecule has 0 atom stereocenters. The summed E-state index contributed by atoms with van der Waals surface area (Å²) in [6.07, 6.45) is 2.02. The van der Waals surface area contributed by atoms with Crippen molar-refractivity contribution >= 4 is 27.3 Å². The van der Waals surface area contributed by atoms with E-state index >= 15 is 0 Å². The molecule has 3 rings (SSSR count). The third-order valence-electron chi connectivity index (χ3n) is 4.47. The molecule has 5 nitrogen and oxygen atoms in total. The van der Waals surface area contributed by atoms with Crippen molar-refractivity contribution in [1.82, 2.24) is 0 Å². The second-order valence-corrected chi connectivity index (χ2v) is 7.78. The van der Waals surface area contributed by atoms with Crippen LogP contribution >= 0.6 is 0 Å². The van der Waals surface area contributed by atoms with Crippen molar-refractivity contribution in [2.75, 3.05) is 16.2 Å². The van der Waals surface area contributed by atoms with Gasteiger partial charge in [-0.1, -0.05) is 26.0 Å². The lowest BCUT2D eigenvalue weighted by Gasteiger charge is -2.16. The molecule has 0 saturated heterocycles. The van der Waals surface area contributed by atoms with Crippen LogP contribution in [0.5, 0.6) is 0 Å². The Morgan fingerprint density at radius 2 is 1.84 bits per heavy atom. The van der Waals surface area contributed by atoms with Gasteiger partial charge >= 0.3 is 0 Å². The zero-order valence-corrected chi connectivity index (χ0v) is 15.3. The van der Waals surface area contributed by atoms with Crippen LogP contribution in [0.15, 0.2) is 47.4 Å². The van der Waals surface area contributed by atoms with Crippen molar-refractivity contribution in [1.29, 1.82) is 0 Å². The van der Waals surface area contributed by atoms with Crippen LogP contribution in [0.1, 0.15) is 31.4 Å². The maximum atomic E-state index is 12.6. The first kappa shape index (κ1) is 17.5. The maximum absolute atomic E-state index is 12.6. The minimum absolute atomic E-state index is 0.0588. The zero-order valence-electron chi connectivity index (χ0n) is 14.5. The van der Waals surface area contributed by atoms with Crippen LogP contribution in [0.25, 0.3) is 0 Å². The number of sulfonamides is 1. The average Bonchev–Trinajstić information content (AvgIpc) is 3.04. The molecule has 132 valence electrons. The number of anilines is 2. The van der Waals surface area contributed by atoms with E-state index in [0.29, 0.717) is 25.1 Å². The Balaban J connectivity index is 1.84. The number of rotatable bonds is 5. The average molecular weight is 358 g/mol. The van der Waals surface area contributed by atoms with Gasteiger partial charge in [-0.15, -0.1) is 0 Å². The first-order chi connectivity index (χ1) is 11.9. The van der Waals surface area contributed by atoms with Crippen LogP contribution in [0.2, 0.25) is 0 Å². The molecule has 1 aliphatic heterocycles. The number of nitrogens with one attached hydrogen (secondary N) is 1. The van der Waals surface area contributed by atoms with Gasteiger partial charge in [0.25, 0.3) is 10.0 Å². The largest absolute Gasteiger partial charge is 0.312 e. The lowest BCUT2D eigenvalue weighted by Crippen LogP contribution is -2.27. The normalized spacial score (nSPS) is 13.6. The highest BCUT2D eigenvalue weighted by Gasteiger charge is 2.25. The van der Waals surface area contributed by atoms with Crippen molar-refractivity contribution in [3.05, 3.63) is 53.6 Å². The second-order valence-electron chi connectivity index (χ2n) is 6.10. The summed E-state index contributed by atoms with van der Waals surface area (Å²) in [6.45, 7) is 4.49. The highest BCUT2D eigenvalue weighted by atomic mass is 32.2. The standard InChI is InChI=1S/C19H22N2O3S/c1-3-14-5-7-16(8-6-14)20-25(23,24)17-9-10-18-15(13-17)11-12-21(18)19(22)4-2/h5-10,13,20H,3-4,11-12H2,1-2H3. The molecule has 0 aromatic heterocycles. The lowest BCUT2D eigenvalue weighted by molar-refractivity contribution is -0.118. The quantitative estimate of drug-likeness (QED) is 0.891. The predicted octanol–water partition coefficient (Wildman–Crippen LogP) is 3.35.